The summed E-state index contributed by atoms with van der Waals surface area (Å²) in [6.45, 7) is 2.31. The fourth-order valence-electron chi connectivity index (χ4n) is 4.72. The number of hydrogen-bond donors (Lipinski definition) is 1. The van der Waals surface area contributed by atoms with Crippen LogP contribution in [0.1, 0.15) is 74.5 Å². The summed E-state index contributed by atoms with van der Waals surface area (Å²) in [5.41, 5.74) is 3.42. The van der Waals surface area contributed by atoms with E-state index in [2.05, 4.69) is 106 Å². The van der Waals surface area contributed by atoms with Crippen molar-refractivity contribution in [3.63, 3.8) is 0 Å². The van der Waals surface area contributed by atoms with Crippen molar-refractivity contribution in [2.24, 2.45) is 0 Å². The van der Waals surface area contributed by atoms with Gasteiger partial charge in [-0.25, -0.2) is 0 Å². The number of unbranched alkanes of at least 4 members (excludes halogenated alkanes) is 5. The Labute approximate surface area is 198 Å². The van der Waals surface area contributed by atoms with Crippen LogP contribution >= 0.6 is 31.9 Å². The molecule has 2 unspecified atom stereocenters. The second kappa shape index (κ2) is 11.5. The summed E-state index contributed by atoms with van der Waals surface area (Å²) in [4.78, 5) is 0. The first-order chi connectivity index (χ1) is 14.6. The van der Waals surface area contributed by atoms with Crippen LogP contribution in [0.4, 0.5) is 0 Å². The maximum atomic E-state index is 10.1. The standard InChI is InChI=1S/C27H32Br2O/c1-2-3-4-5-6-10-17-27(22-11-8-7-9-12-22)19-24(29)14-16-26(27)25-15-13-23(28)18-21(25)20-30/h7-9,11-16,18-19,26,30H,2-6,10,17,20H2,1H3. The van der Waals surface area contributed by atoms with Gasteiger partial charge in [0.15, 0.2) is 0 Å². The Kier molecular flexibility index (Phi) is 8.98. The molecule has 0 radical (unpaired) electrons. The average molecular weight is 532 g/mol. The molecule has 3 rings (SSSR count). The van der Waals surface area contributed by atoms with Gasteiger partial charge in [0.1, 0.15) is 0 Å². The van der Waals surface area contributed by atoms with E-state index in [1.165, 1.54) is 49.7 Å². The summed E-state index contributed by atoms with van der Waals surface area (Å²) < 4.78 is 2.14. The van der Waals surface area contributed by atoms with Gasteiger partial charge < -0.3 is 5.11 Å². The fourth-order valence-corrected chi connectivity index (χ4v) is 5.69. The number of halogens is 2. The van der Waals surface area contributed by atoms with Gasteiger partial charge >= 0.3 is 0 Å². The van der Waals surface area contributed by atoms with Gasteiger partial charge in [-0.15, -0.1) is 0 Å². The molecule has 3 heteroatoms. The van der Waals surface area contributed by atoms with E-state index in [1.54, 1.807) is 0 Å². The van der Waals surface area contributed by atoms with Gasteiger partial charge in [0.25, 0.3) is 0 Å². The lowest BCUT2D eigenvalue weighted by Crippen LogP contribution is -2.33. The molecule has 0 fully saturated rings. The molecule has 1 aliphatic rings. The highest BCUT2D eigenvalue weighted by Gasteiger charge is 2.40. The lowest BCUT2D eigenvalue weighted by molar-refractivity contribution is 0.278. The normalized spacial score (nSPS) is 20.9. The Bertz CT molecular complexity index is 872. The van der Waals surface area contributed by atoms with E-state index < -0.39 is 0 Å². The molecule has 1 aliphatic carbocycles. The first-order valence-corrected chi connectivity index (χ1v) is 12.7. The van der Waals surface area contributed by atoms with Crippen molar-refractivity contribution in [2.75, 3.05) is 0 Å². The second-order valence-corrected chi connectivity index (χ2v) is 10.1. The number of hydrogen-bond acceptors (Lipinski definition) is 1. The maximum Gasteiger partial charge on any atom is 0.0685 e. The predicted molar refractivity (Wildman–Crippen MR) is 135 cm³/mol. The third-order valence-corrected chi connectivity index (χ3v) is 7.25. The molecule has 2 aromatic carbocycles. The van der Waals surface area contributed by atoms with Crippen LogP contribution in [-0.2, 0) is 12.0 Å². The third kappa shape index (κ3) is 5.55. The highest BCUT2D eigenvalue weighted by molar-refractivity contribution is 9.12. The average Bonchev–Trinajstić information content (AvgIpc) is 2.77. The third-order valence-electron chi connectivity index (χ3n) is 6.26. The molecule has 0 saturated heterocycles. The van der Waals surface area contributed by atoms with Crippen molar-refractivity contribution in [2.45, 2.75) is 69.8 Å². The minimum absolute atomic E-state index is 0.0475. The summed E-state index contributed by atoms with van der Waals surface area (Å²) in [5, 5.41) is 10.1. The van der Waals surface area contributed by atoms with Crippen molar-refractivity contribution < 1.29 is 5.11 Å². The smallest absolute Gasteiger partial charge is 0.0685 e. The SMILES string of the molecule is CCCCCCCCC1(c2ccccc2)C=C(Br)C=CC1c1ccc(Br)cc1CO. The summed E-state index contributed by atoms with van der Waals surface area (Å²) in [5.74, 6) is 0.187. The van der Waals surface area contributed by atoms with Gasteiger partial charge in [0.2, 0.25) is 0 Å². The molecule has 160 valence electrons. The van der Waals surface area contributed by atoms with Crippen molar-refractivity contribution in [3.05, 3.63) is 92.4 Å². The van der Waals surface area contributed by atoms with Crippen LogP contribution < -0.4 is 0 Å². The van der Waals surface area contributed by atoms with Crippen LogP contribution in [0, 0.1) is 0 Å². The lowest BCUT2D eigenvalue weighted by Gasteiger charge is -2.41. The highest BCUT2D eigenvalue weighted by Crippen LogP contribution is 2.50. The van der Waals surface area contributed by atoms with E-state index in [0.29, 0.717) is 0 Å². The molecular weight excluding hydrogens is 500 g/mol. The van der Waals surface area contributed by atoms with Crippen LogP contribution in [0.25, 0.3) is 0 Å². The van der Waals surface area contributed by atoms with E-state index in [0.717, 1.165) is 20.9 Å². The Balaban J connectivity index is 2.00. The summed E-state index contributed by atoms with van der Waals surface area (Å²) in [6.07, 6.45) is 15.7. The Morgan fingerprint density at radius 3 is 2.40 bits per heavy atom. The van der Waals surface area contributed by atoms with Crippen LogP contribution in [0.15, 0.2) is 75.7 Å². The number of benzene rings is 2. The lowest BCUT2D eigenvalue weighted by atomic mass is 9.62. The molecule has 0 heterocycles. The topological polar surface area (TPSA) is 20.2 Å². The molecule has 0 aliphatic heterocycles. The molecule has 0 saturated carbocycles. The van der Waals surface area contributed by atoms with E-state index in [1.807, 2.05) is 0 Å². The van der Waals surface area contributed by atoms with E-state index >= 15 is 0 Å². The molecule has 0 aromatic heterocycles. The van der Waals surface area contributed by atoms with Gasteiger partial charge in [0, 0.05) is 20.3 Å². The quantitative estimate of drug-likeness (QED) is 0.304. The molecule has 2 atom stereocenters. The number of allylic oxidation sites excluding steroid dienone is 4. The van der Waals surface area contributed by atoms with E-state index in [9.17, 15) is 5.11 Å². The van der Waals surface area contributed by atoms with Crippen molar-refractivity contribution >= 4 is 31.9 Å². The van der Waals surface area contributed by atoms with E-state index in [-0.39, 0.29) is 17.9 Å². The number of aliphatic hydroxyl groups is 1. The second-order valence-electron chi connectivity index (χ2n) is 8.29. The van der Waals surface area contributed by atoms with Crippen molar-refractivity contribution in [1.82, 2.24) is 0 Å². The number of rotatable bonds is 10. The fraction of sp³-hybridized carbons (Fsp3) is 0.407. The Morgan fingerprint density at radius 1 is 0.933 bits per heavy atom. The van der Waals surface area contributed by atoms with Crippen molar-refractivity contribution in [3.8, 4) is 0 Å². The van der Waals surface area contributed by atoms with Gasteiger partial charge in [0.05, 0.1) is 6.61 Å². The summed E-state index contributed by atoms with van der Waals surface area (Å²) >= 11 is 7.34. The van der Waals surface area contributed by atoms with Crippen LogP contribution in [0.3, 0.4) is 0 Å². The zero-order chi connectivity index (χ0) is 21.4. The van der Waals surface area contributed by atoms with Crippen LogP contribution in [-0.4, -0.2) is 5.11 Å². The minimum Gasteiger partial charge on any atom is -0.392 e. The minimum atomic E-state index is -0.128. The molecule has 1 N–H and O–H groups in total. The Morgan fingerprint density at radius 2 is 1.67 bits per heavy atom. The Hall–Kier alpha value is -1.16. The molecule has 2 aromatic rings. The molecule has 1 nitrogen and oxygen atoms in total. The zero-order valence-corrected chi connectivity index (χ0v) is 21.0. The van der Waals surface area contributed by atoms with E-state index in [4.69, 9.17) is 0 Å². The van der Waals surface area contributed by atoms with Crippen LogP contribution in [0.5, 0.6) is 0 Å². The highest BCUT2D eigenvalue weighted by atomic mass is 79.9. The summed E-state index contributed by atoms with van der Waals surface area (Å²) in [7, 11) is 0. The first-order valence-electron chi connectivity index (χ1n) is 11.1. The first kappa shape index (κ1) is 23.5. The molecule has 0 bridgehead atoms. The summed E-state index contributed by atoms with van der Waals surface area (Å²) in [6, 6.07) is 17.2. The predicted octanol–water partition coefficient (Wildman–Crippen LogP) is 8.56. The zero-order valence-electron chi connectivity index (χ0n) is 17.8. The van der Waals surface area contributed by atoms with Crippen LogP contribution in [0.2, 0.25) is 0 Å². The van der Waals surface area contributed by atoms with Gasteiger partial charge in [-0.1, -0.05) is 132 Å². The molecule has 30 heavy (non-hydrogen) atoms. The van der Waals surface area contributed by atoms with Crippen molar-refractivity contribution in [1.29, 1.82) is 0 Å². The molecule has 0 spiro atoms. The largest absolute Gasteiger partial charge is 0.392 e. The number of aliphatic hydroxyl groups excluding tert-OH is 1. The van der Waals surface area contributed by atoms with Gasteiger partial charge in [-0.05, 0) is 35.2 Å². The van der Waals surface area contributed by atoms with Gasteiger partial charge in [-0.2, -0.15) is 0 Å². The maximum absolute atomic E-state index is 10.1. The molecule has 0 amide bonds. The monoisotopic (exact) mass is 530 g/mol. The van der Waals surface area contributed by atoms with Gasteiger partial charge in [-0.3, -0.25) is 0 Å². The molecular formula is C27H32Br2O.